The molecule has 148 valence electrons. The Morgan fingerprint density at radius 3 is 2.37 bits per heavy atom. The largest absolute Gasteiger partial charge is 0.363 e. The molecule has 5 rings (SSSR count). The average molecular weight is 374 g/mol. The topological polar surface area (TPSA) is 87.5 Å². The Balaban J connectivity index is 1.40. The number of amides is 3. The number of aromatic nitrogens is 1. The van der Waals surface area contributed by atoms with Crippen molar-refractivity contribution in [1.82, 2.24) is 15.4 Å². The highest BCUT2D eigenvalue weighted by Gasteiger charge is 2.51. The van der Waals surface area contributed by atoms with Gasteiger partial charge in [-0.3, -0.25) is 4.79 Å². The van der Waals surface area contributed by atoms with Gasteiger partial charge in [0.1, 0.15) is 12.8 Å². The fraction of sp³-hybridized carbons (Fsp3) is 0.750. The van der Waals surface area contributed by atoms with Crippen molar-refractivity contribution in [2.45, 2.75) is 57.9 Å². The molecule has 0 spiro atoms. The second kappa shape index (κ2) is 7.17. The first kappa shape index (κ1) is 18.3. The van der Waals surface area contributed by atoms with Crippen molar-refractivity contribution in [3.63, 3.8) is 0 Å². The Hall–Kier alpha value is -2.05. The molecule has 7 heteroatoms. The van der Waals surface area contributed by atoms with Crippen LogP contribution < -0.4 is 10.6 Å². The number of rotatable bonds is 6. The predicted octanol–water partition coefficient (Wildman–Crippen LogP) is 3.25. The van der Waals surface area contributed by atoms with Gasteiger partial charge in [0.2, 0.25) is 5.91 Å². The van der Waals surface area contributed by atoms with Gasteiger partial charge < -0.3 is 20.1 Å². The summed E-state index contributed by atoms with van der Waals surface area (Å²) in [5.41, 5.74) is -0.0519. The summed E-state index contributed by atoms with van der Waals surface area (Å²) in [6, 6.07) is 1.47. The Morgan fingerprint density at radius 1 is 1.22 bits per heavy atom. The van der Waals surface area contributed by atoms with Gasteiger partial charge >= 0.3 is 6.03 Å². The first-order valence-electron chi connectivity index (χ1n) is 10.2. The molecule has 4 saturated carbocycles. The van der Waals surface area contributed by atoms with E-state index in [4.69, 9.17) is 4.52 Å². The van der Waals surface area contributed by atoms with Crippen molar-refractivity contribution in [3.05, 3.63) is 12.3 Å². The molecule has 3 amide bonds. The highest BCUT2D eigenvalue weighted by Crippen LogP contribution is 2.55. The molecule has 7 nitrogen and oxygen atoms in total. The van der Waals surface area contributed by atoms with Crippen LogP contribution in [0.2, 0.25) is 0 Å². The first-order chi connectivity index (χ1) is 12.9. The second-order valence-corrected chi connectivity index (χ2v) is 9.34. The molecule has 0 unspecified atom stereocenters. The van der Waals surface area contributed by atoms with Crippen molar-refractivity contribution >= 4 is 17.8 Å². The van der Waals surface area contributed by atoms with E-state index in [2.05, 4.69) is 29.6 Å². The van der Waals surface area contributed by atoms with Crippen LogP contribution in [0.3, 0.4) is 0 Å². The third kappa shape index (κ3) is 4.12. The molecule has 0 radical (unpaired) electrons. The third-order valence-electron chi connectivity index (χ3n) is 6.32. The number of urea groups is 1. The summed E-state index contributed by atoms with van der Waals surface area (Å²) in [7, 11) is 0. The number of hydrogen-bond acceptors (Lipinski definition) is 4. The van der Waals surface area contributed by atoms with Gasteiger partial charge in [0.25, 0.3) is 0 Å². The predicted molar refractivity (Wildman–Crippen MR) is 101 cm³/mol. The highest BCUT2D eigenvalue weighted by molar-refractivity contribution is 5.93. The second-order valence-electron chi connectivity index (χ2n) is 9.34. The monoisotopic (exact) mass is 374 g/mol. The van der Waals surface area contributed by atoms with E-state index >= 15 is 0 Å². The number of carbonyl (C=O) groups is 2. The van der Waals surface area contributed by atoms with Crippen molar-refractivity contribution in [3.8, 4) is 0 Å². The van der Waals surface area contributed by atoms with Crippen LogP contribution in [0.4, 0.5) is 10.6 Å². The Bertz CT molecular complexity index is 650. The number of anilines is 1. The minimum atomic E-state index is -0.259. The number of nitrogens with one attached hydrogen (secondary N) is 2. The van der Waals surface area contributed by atoms with Crippen LogP contribution in [0, 0.1) is 23.7 Å². The van der Waals surface area contributed by atoms with E-state index in [0.717, 1.165) is 37.0 Å². The number of hydrogen-bond donors (Lipinski definition) is 2. The van der Waals surface area contributed by atoms with Crippen molar-refractivity contribution < 1.29 is 14.1 Å². The summed E-state index contributed by atoms with van der Waals surface area (Å²) in [6.07, 6.45) is 8.73. The normalized spacial score (nSPS) is 31.1. The molecule has 1 aromatic heterocycles. The van der Waals surface area contributed by atoms with Gasteiger partial charge in [-0.15, -0.1) is 0 Å². The smallest absolute Gasteiger partial charge is 0.318 e. The molecular formula is C20H30N4O3. The van der Waals surface area contributed by atoms with Gasteiger partial charge in [0.15, 0.2) is 5.82 Å². The SMILES string of the molecule is CC(C)CN(CC(=O)Nc1ccon1)C(=O)NC12CC3CC(CC(C3)C1)C2. The molecule has 0 aromatic carbocycles. The highest BCUT2D eigenvalue weighted by atomic mass is 16.5. The zero-order valence-corrected chi connectivity index (χ0v) is 16.2. The summed E-state index contributed by atoms with van der Waals surface area (Å²) in [5, 5.41) is 9.73. The van der Waals surface area contributed by atoms with E-state index in [1.54, 1.807) is 11.0 Å². The van der Waals surface area contributed by atoms with Gasteiger partial charge in [-0.05, 0) is 62.2 Å². The molecule has 2 N–H and O–H groups in total. The zero-order valence-electron chi connectivity index (χ0n) is 16.2. The van der Waals surface area contributed by atoms with Gasteiger partial charge in [-0.1, -0.05) is 19.0 Å². The third-order valence-corrected chi connectivity index (χ3v) is 6.32. The molecule has 4 fully saturated rings. The van der Waals surface area contributed by atoms with E-state index in [-0.39, 0.29) is 29.9 Å². The Kier molecular flexibility index (Phi) is 4.86. The lowest BCUT2D eigenvalue weighted by molar-refractivity contribution is -0.117. The van der Waals surface area contributed by atoms with Gasteiger partial charge in [-0.2, -0.15) is 0 Å². The lowest BCUT2D eigenvalue weighted by atomic mass is 9.53. The maximum Gasteiger partial charge on any atom is 0.318 e. The lowest BCUT2D eigenvalue weighted by Gasteiger charge is -2.57. The van der Waals surface area contributed by atoms with Crippen LogP contribution in [0.1, 0.15) is 52.4 Å². The van der Waals surface area contributed by atoms with Crippen molar-refractivity contribution in [1.29, 1.82) is 0 Å². The number of carbonyl (C=O) groups excluding carboxylic acids is 2. The van der Waals surface area contributed by atoms with E-state index in [0.29, 0.717) is 12.4 Å². The van der Waals surface area contributed by atoms with Gasteiger partial charge in [0.05, 0.1) is 0 Å². The first-order valence-corrected chi connectivity index (χ1v) is 10.2. The molecule has 4 aliphatic carbocycles. The van der Waals surface area contributed by atoms with E-state index in [9.17, 15) is 9.59 Å². The van der Waals surface area contributed by atoms with Crippen LogP contribution in [-0.2, 0) is 4.79 Å². The average Bonchev–Trinajstić information content (AvgIpc) is 3.04. The fourth-order valence-corrected chi connectivity index (χ4v) is 5.86. The maximum absolute atomic E-state index is 13.1. The molecule has 1 heterocycles. The Labute approximate surface area is 160 Å². The Morgan fingerprint density at radius 2 is 1.85 bits per heavy atom. The summed E-state index contributed by atoms with van der Waals surface area (Å²) in [5.74, 6) is 2.70. The molecule has 27 heavy (non-hydrogen) atoms. The van der Waals surface area contributed by atoms with Crippen LogP contribution in [0.15, 0.2) is 16.9 Å². The van der Waals surface area contributed by atoms with Crippen LogP contribution >= 0.6 is 0 Å². The summed E-state index contributed by atoms with van der Waals surface area (Å²) < 4.78 is 4.73. The standard InChI is InChI=1S/C20H30N4O3/c1-13(2)11-24(12-18(25)21-17-3-4-27-23-17)19(26)22-20-8-14-5-15(9-20)7-16(6-14)10-20/h3-4,13-16H,5-12H2,1-2H3,(H,22,26)(H,21,23,25). The molecular weight excluding hydrogens is 344 g/mol. The molecule has 0 saturated heterocycles. The molecule has 4 aliphatic rings. The van der Waals surface area contributed by atoms with E-state index in [1.165, 1.54) is 25.5 Å². The van der Waals surface area contributed by atoms with Crippen molar-refractivity contribution in [2.24, 2.45) is 23.7 Å². The van der Waals surface area contributed by atoms with Gasteiger partial charge in [0, 0.05) is 18.2 Å². The summed E-state index contributed by atoms with van der Waals surface area (Å²) in [4.78, 5) is 27.1. The summed E-state index contributed by atoms with van der Waals surface area (Å²) >= 11 is 0. The molecule has 0 aliphatic heterocycles. The zero-order chi connectivity index (χ0) is 19.0. The maximum atomic E-state index is 13.1. The molecule has 1 aromatic rings. The molecule has 0 atom stereocenters. The van der Waals surface area contributed by atoms with Gasteiger partial charge in [-0.25, -0.2) is 4.79 Å². The minimum Gasteiger partial charge on any atom is -0.363 e. The van der Waals surface area contributed by atoms with Crippen LogP contribution in [0.25, 0.3) is 0 Å². The molecule has 4 bridgehead atoms. The summed E-state index contributed by atoms with van der Waals surface area (Å²) in [6.45, 7) is 4.68. The van der Waals surface area contributed by atoms with Crippen molar-refractivity contribution in [2.75, 3.05) is 18.4 Å². The van der Waals surface area contributed by atoms with E-state index < -0.39 is 0 Å². The van der Waals surface area contributed by atoms with Crippen LogP contribution in [0.5, 0.6) is 0 Å². The minimum absolute atomic E-state index is 0.0171. The number of nitrogens with zero attached hydrogens (tertiary/aromatic N) is 2. The fourth-order valence-electron chi connectivity index (χ4n) is 5.86. The van der Waals surface area contributed by atoms with Crippen LogP contribution in [-0.4, -0.2) is 40.6 Å². The quantitative estimate of drug-likeness (QED) is 0.800. The lowest BCUT2D eigenvalue weighted by Crippen LogP contribution is -2.62. The van der Waals surface area contributed by atoms with E-state index in [1.807, 2.05) is 0 Å².